The topological polar surface area (TPSA) is 84.5 Å². The standard InChI is InChI=1S/C16H15Cl2FN2O4S/c1-26(23,24)21-15-5-2-10(6-14(15)19)8-20-16(22)9-25-11-3-4-12(17)13(18)7-11/h2-7,21H,8-9H2,1H3,(H,20,22). The first-order valence-corrected chi connectivity index (χ1v) is 9.89. The van der Waals surface area contributed by atoms with Crippen molar-refractivity contribution in [3.8, 4) is 5.75 Å². The highest BCUT2D eigenvalue weighted by atomic mass is 35.5. The minimum absolute atomic E-state index is 0.0552. The second-order valence-corrected chi connectivity index (χ2v) is 7.89. The van der Waals surface area contributed by atoms with E-state index in [0.717, 1.165) is 12.3 Å². The molecule has 0 saturated heterocycles. The van der Waals surface area contributed by atoms with Gasteiger partial charge in [0.2, 0.25) is 10.0 Å². The van der Waals surface area contributed by atoms with Gasteiger partial charge in [-0.05, 0) is 29.8 Å². The number of hydrogen-bond donors (Lipinski definition) is 2. The molecular weight excluding hydrogens is 406 g/mol. The molecule has 1 amide bonds. The molecule has 0 spiro atoms. The molecule has 0 heterocycles. The van der Waals surface area contributed by atoms with Crippen molar-refractivity contribution in [1.82, 2.24) is 5.32 Å². The number of nitrogens with one attached hydrogen (secondary N) is 2. The highest BCUT2D eigenvalue weighted by Gasteiger charge is 2.09. The Morgan fingerprint density at radius 1 is 1.15 bits per heavy atom. The predicted octanol–water partition coefficient (Wildman–Crippen LogP) is 3.20. The molecule has 26 heavy (non-hydrogen) atoms. The Hall–Kier alpha value is -2.03. The number of amides is 1. The van der Waals surface area contributed by atoms with Gasteiger partial charge in [0.05, 0.1) is 22.0 Å². The van der Waals surface area contributed by atoms with E-state index >= 15 is 0 Å². The number of halogens is 3. The first-order chi connectivity index (χ1) is 12.1. The molecule has 0 aliphatic heterocycles. The largest absolute Gasteiger partial charge is 0.484 e. The fraction of sp³-hybridized carbons (Fsp3) is 0.188. The van der Waals surface area contributed by atoms with Gasteiger partial charge in [-0.2, -0.15) is 0 Å². The lowest BCUT2D eigenvalue weighted by Gasteiger charge is -2.10. The van der Waals surface area contributed by atoms with Crippen LogP contribution in [0.25, 0.3) is 0 Å². The smallest absolute Gasteiger partial charge is 0.258 e. The van der Waals surface area contributed by atoms with Gasteiger partial charge in [0, 0.05) is 12.6 Å². The molecule has 0 aromatic heterocycles. The maximum Gasteiger partial charge on any atom is 0.258 e. The van der Waals surface area contributed by atoms with Crippen molar-refractivity contribution in [2.24, 2.45) is 0 Å². The molecule has 2 rings (SSSR count). The third-order valence-electron chi connectivity index (χ3n) is 3.08. The third-order valence-corrected chi connectivity index (χ3v) is 4.41. The molecule has 0 radical (unpaired) electrons. The Morgan fingerprint density at radius 3 is 2.50 bits per heavy atom. The zero-order valence-electron chi connectivity index (χ0n) is 13.6. The van der Waals surface area contributed by atoms with Crippen LogP contribution >= 0.6 is 23.2 Å². The molecule has 140 valence electrons. The molecule has 6 nitrogen and oxygen atoms in total. The lowest BCUT2D eigenvalue weighted by atomic mass is 10.2. The molecule has 0 aliphatic carbocycles. The lowest BCUT2D eigenvalue weighted by molar-refractivity contribution is -0.123. The fourth-order valence-corrected chi connectivity index (χ4v) is 2.77. The first-order valence-electron chi connectivity index (χ1n) is 7.25. The van der Waals surface area contributed by atoms with E-state index in [4.69, 9.17) is 27.9 Å². The third kappa shape index (κ3) is 6.36. The van der Waals surface area contributed by atoms with Crippen molar-refractivity contribution in [1.29, 1.82) is 0 Å². The van der Waals surface area contributed by atoms with Gasteiger partial charge >= 0.3 is 0 Å². The van der Waals surface area contributed by atoms with Crippen LogP contribution < -0.4 is 14.8 Å². The van der Waals surface area contributed by atoms with E-state index in [1.165, 1.54) is 18.2 Å². The molecule has 2 aromatic rings. The Labute approximate surface area is 160 Å². The van der Waals surface area contributed by atoms with Crippen LogP contribution in [0.3, 0.4) is 0 Å². The summed E-state index contributed by atoms with van der Waals surface area (Å²) < 4.78 is 43.4. The Balaban J connectivity index is 1.87. The zero-order chi connectivity index (χ0) is 19.3. The molecule has 0 unspecified atom stereocenters. The van der Waals surface area contributed by atoms with Crippen LogP contribution in [-0.4, -0.2) is 27.2 Å². The summed E-state index contributed by atoms with van der Waals surface area (Å²) in [5, 5.41) is 3.24. The fourth-order valence-electron chi connectivity index (χ4n) is 1.92. The minimum Gasteiger partial charge on any atom is -0.484 e. The van der Waals surface area contributed by atoms with Crippen LogP contribution in [-0.2, 0) is 21.4 Å². The van der Waals surface area contributed by atoms with Gasteiger partial charge in [0.15, 0.2) is 6.61 Å². The highest BCUT2D eigenvalue weighted by Crippen LogP contribution is 2.26. The summed E-state index contributed by atoms with van der Waals surface area (Å²) in [6.07, 6.45) is 0.925. The molecule has 0 fully saturated rings. The van der Waals surface area contributed by atoms with Gasteiger partial charge in [0.1, 0.15) is 11.6 Å². The number of carbonyl (C=O) groups is 1. The van der Waals surface area contributed by atoms with Gasteiger partial charge in [-0.25, -0.2) is 12.8 Å². The van der Waals surface area contributed by atoms with Gasteiger partial charge < -0.3 is 10.1 Å². The molecule has 0 bridgehead atoms. The maximum atomic E-state index is 13.9. The number of hydrogen-bond acceptors (Lipinski definition) is 4. The number of benzene rings is 2. The van der Waals surface area contributed by atoms with Crippen molar-refractivity contribution < 1.29 is 22.3 Å². The van der Waals surface area contributed by atoms with Gasteiger partial charge in [-0.15, -0.1) is 0 Å². The van der Waals surface area contributed by atoms with E-state index in [1.807, 2.05) is 0 Å². The van der Waals surface area contributed by atoms with E-state index in [1.54, 1.807) is 12.1 Å². The number of ether oxygens (including phenoxy) is 1. The van der Waals surface area contributed by atoms with E-state index in [9.17, 15) is 17.6 Å². The highest BCUT2D eigenvalue weighted by molar-refractivity contribution is 7.92. The van der Waals surface area contributed by atoms with Crippen molar-refractivity contribution in [3.05, 3.63) is 57.8 Å². The predicted molar refractivity (Wildman–Crippen MR) is 98.7 cm³/mol. The van der Waals surface area contributed by atoms with Crippen LogP contribution in [0, 0.1) is 5.82 Å². The van der Waals surface area contributed by atoms with E-state index in [2.05, 4.69) is 10.0 Å². The van der Waals surface area contributed by atoms with Crippen LogP contribution in [0.4, 0.5) is 10.1 Å². The Kier molecular flexibility index (Phi) is 6.69. The maximum absolute atomic E-state index is 13.9. The SMILES string of the molecule is CS(=O)(=O)Nc1ccc(CNC(=O)COc2ccc(Cl)c(Cl)c2)cc1F. The molecule has 2 N–H and O–H groups in total. The normalized spacial score (nSPS) is 11.1. The van der Waals surface area contributed by atoms with Crippen molar-refractivity contribution in [2.45, 2.75) is 6.54 Å². The van der Waals surface area contributed by atoms with Crippen molar-refractivity contribution in [3.63, 3.8) is 0 Å². The number of anilines is 1. The van der Waals surface area contributed by atoms with Gasteiger partial charge in [-0.1, -0.05) is 29.3 Å². The van der Waals surface area contributed by atoms with Gasteiger partial charge in [0.25, 0.3) is 5.91 Å². The van der Waals surface area contributed by atoms with Crippen LogP contribution in [0.5, 0.6) is 5.75 Å². The first kappa shape index (κ1) is 20.3. The summed E-state index contributed by atoms with van der Waals surface area (Å²) in [4.78, 5) is 11.8. The Bertz CT molecular complexity index is 922. The molecule has 2 aromatic carbocycles. The van der Waals surface area contributed by atoms with Gasteiger partial charge in [-0.3, -0.25) is 9.52 Å². The summed E-state index contributed by atoms with van der Waals surface area (Å²) in [6, 6.07) is 8.52. The summed E-state index contributed by atoms with van der Waals surface area (Å²) in [7, 11) is -3.57. The summed E-state index contributed by atoms with van der Waals surface area (Å²) in [5.74, 6) is -0.777. The zero-order valence-corrected chi connectivity index (χ0v) is 15.9. The molecule has 0 saturated carbocycles. The molecule has 0 atom stereocenters. The lowest BCUT2D eigenvalue weighted by Crippen LogP contribution is -2.28. The average molecular weight is 421 g/mol. The van der Waals surface area contributed by atoms with Crippen molar-refractivity contribution >= 4 is 44.8 Å². The minimum atomic E-state index is -3.57. The summed E-state index contributed by atoms with van der Waals surface area (Å²) >= 11 is 11.6. The van der Waals surface area contributed by atoms with Crippen molar-refractivity contribution in [2.75, 3.05) is 17.6 Å². The van der Waals surface area contributed by atoms with Crippen LogP contribution in [0.1, 0.15) is 5.56 Å². The Morgan fingerprint density at radius 2 is 1.88 bits per heavy atom. The molecule has 0 aliphatic rings. The molecule has 10 heteroatoms. The summed E-state index contributed by atoms with van der Waals surface area (Å²) in [5.41, 5.74) is 0.301. The average Bonchev–Trinajstić information content (AvgIpc) is 2.55. The number of carbonyl (C=O) groups excluding carboxylic acids is 1. The van der Waals surface area contributed by atoms with Crippen LogP contribution in [0.15, 0.2) is 36.4 Å². The molecular formula is C16H15Cl2FN2O4S. The van der Waals surface area contributed by atoms with E-state index in [0.29, 0.717) is 21.4 Å². The quantitative estimate of drug-likeness (QED) is 0.719. The second kappa shape index (κ2) is 8.57. The number of sulfonamides is 1. The summed E-state index contributed by atoms with van der Waals surface area (Å²) in [6.45, 7) is -0.201. The van der Waals surface area contributed by atoms with Crippen LogP contribution in [0.2, 0.25) is 10.0 Å². The second-order valence-electron chi connectivity index (χ2n) is 5.33. The monoisotopic (exact) mass is 420 g/mol. The number of rotatable bonds is 7. The van der Waals surface area contributed by atoms with E-state index < -0.39 is 21.7 Å². The van der Waals surface area contributed by atoms with E-state index in [-0.39, 0.29) is 18.8 Å².